The van der Waals surface area contributed by atoms with Gasteiger partial charge in [0.05, 0.1) is 37.0 Å². The number of hydrogen-bond acceptors (Lipinski definition) is 6. The van der Waals surface area contributed by atoms with Gasteiger partial charge in [-0.2, -0.15) is 5.26 Å². The molecule has 2 aliphatic heterocycles. The Morgan fingerprint density at radius 1 is 1.11 bits per heavy atom. The van der Waals surface area contributed by atoms with Crippen molar-refractivity contribution in [2.24, 2.45) is 0 Å². The fraction of sp³-hybridized carbons (Fsp3) is 0.179. The molecule has 2 aliphatic rings. The summed E-state index contributed by atoms with van der Waals surface area (Å²) in [6.07, 6.45) is 1.66. The number of carbonyl (C=O) groups is 2. The van der Waals surface area contributed by atoms with Gasteiger partial charge in [0.15, 0.2) is 0 Å². The molecule has 7 heteroatoms. The Hall–Kier alpha value is -4.57. The van der Waals surface area contributed by atoms with E-state index in [0.717, 1.165) is 24.2 Å². The maximum atomic E-state index is 13.4. The number of amides is 1. The Bertz CT molecular complexity index is 1400. The minimum Gasteiger partial charge on any atom is -0.507 e. The van der Waals surface area contributed by atoms with Crippen LogP contribution in [-0.2, 0) is 16.0 Å². The van der Waals surface area contributed by atoms with Gasteiger partial charge in [0.2, 0.25) is 0 Å². The number of para-hydroxylation sites is 1. The number of fused-ring (bicyclic) bond motifs is 1. The van der Waals surface area contributed by atoms with Crippen LogP contribution in [0.15, 0.2) is 72.3 Å². The third-order valence-electron chi connectivity index (χ3n) is 6.33. The summed E-state index contributed by atoms with van der Waals surface area (Å²) in [5.41, 5.74) is 2.76. The Balaban J connectivity index is 1.71. The number of rotatable bonds is 4. The quantitative estimate of drug-likeness (QED) is 0.345. The molecule has 5 rings (SSSR count). The van der Waals surface area contributed by atoms with Crippen molar-refractivity contribution in [1.29, 1.82) is 5.26 Å². The molecule has 1 N–H and O–H groups in total. The standard InChI is InChI=1S/C28H22N2O5/c1-34-23-7-3-2-6-21(23)25-24(26(31)19-10-13-22-18(15-19)5-4-14-35-22)27(32)28(33)30(25)20-11-8-17(16-29)9-12-20/h2-3,6-13,15,25,31H,4-5,14H2,1H3/b26-24+. The average molecular weight is 466 g/mol. The van der Waals surface area contributed by atoms with Gasteiger partial charge < -0.3 is 14.6 Å². The van der Waals surface area contributed by atoms with Crippen LogP contribution in [0, 0.1) is 11.3 Å². The van der Waals surface area contributed by atoms with E-state index in [1.165, 1.54) is 12.0 Å². The van der Waals surface area contributed by atoms with Crippen LogP contribution in [0.25, 0.3) is 5.76 Å². The van der Waals surface area contributed by atoms with E-state index in [1.807, 2.05) is 6.07 Å². The number of nitrogens with zero attached hydrogens (tertiary/aromatic N) is 2. The lowest BCUT2D eigenvalue weighted by molar-refractivity contribution is -0.132. The highest BCUT2D eigenvalue weighted by Gasteiger charge is 2.48. The van der Waals surface area contributed by atoms with E-state index in [9.17, 15) is 14.7 Å². The summed E-state index contributed by atoms with van der Waals surface area (Å²) in [4.78, 5) is 28.0. The van der Waals surface area contributed by atoms with Gasteiger partial charge in [-0.15, -0.1) is 0 Å². The summed E-state index contributed by atoms with van der Waals surface area (Å²) < 4.78 is 11.2. The van der Waals surface area contributed by atoms with E-state index in [1.54, 1.807) is 66.7 Å². The van der Waals surface area contributed by atoms with Crippen LogP contribution in [0.1, 0.15) is 34.7 Å². The predicted molar refractivity (Wildman–Crippen MR) is 129 cm³/mol. The molecular formula is C28H22N2O5. The molecular weight excluding hydrogens is 444 g/mol. The summed E-state index contributed by atoms with van der Waals surface area (Å²) in [6, 6.07) is 19.9. The molecule has 0 spiro atoms. The molecule has 0 saturated carbocycles. The Morgan fingerprint density at radius 2 is 1.89 bits per heavy atom. The summed E-state index contributed by atoms with van der Waals surface area (Å²) in [5, 5.41) is 20.6. The monoisotopic (exact) mass is 466 g/mol. The second-order valence-corrected chi connectivity index (χ2v) is 8.34. The SMILES string of the molecule is COc1ccccc1C1/C(=C(\O)c2ccc3c(c2)CCCO3)C(=O)C(=O)N1c1ccc(C#N)cc1. The van der Waals surface area contributed by atoms with Crippen molar-refractivity contribution >= 4 is 23.1 Å². The van der Waals surface area contributed by atoms with Crippen LogP contribution in [-0.4, -0.2) is 30.5 Å². The summed E-state index contributed by atoms with van der Waals surface area (Å²) in [6.45, 7) is 0.641. The van der Waals surface area contributed by atoms with E-state index in [2.05, 4.69) is 0 Å². The van der Waals surface area contributed by atoms with Crippen molar-refractivity contribution in [2.75, 3.05) is 18.6 Å². The minimum absolute atomic E-state index is 0.0273. The Kier molecular flexibility index (Phi) is 5.71. The largest absolute Gasteiger partial charge is 0.507 e. The Morgan fingerprint density at radius 3 is 2.63 bits per heavy atom. The van der Waals surface area contributed by atoms with E-state index in [-0.39, 0.29) is 11.3 Å². The molecule has 0 aliphatic carbocycles. The maximum Gasteiger partial charge on any atom is 0.300 e. The molecule has 2 heterocycles. The zero-order chi connectivity index (χ0) is 24.5. The van der Waals surface area contributed by atoms with Gasteiger partial charge in [-0.1, -0.05) is 18.2 Å². The highest BCUT2D eigenvalue weighted by molar-refractivity contribution is 6.51. The summed E-state index contributed by atoms with van der Waals surface area (Å²) in [5.74, 6) is -0.594. The van der Waals surface area contributed by atoms with Gasteiger partial charge in [0.25, 0.3) is 11.7 Å². The molecule has 174 valence electrons. The molecule has 1 unspecified atom stereocenters. The van der Waals surface area contributed by atoms with Crippen LogP contribution in [0.3, 0.4) is 0 Å². The first-order valence-electron chi connectivity index (χ1n) is 11.2. The van der Waals surface area contributed by atoms with Crippen LogP contribution >= 0.6 is 0 Å². The number of Topliss-reactive ketones (excluding diaryl/α,β-unsaturated/α-hetero) is 1. The second kappa shape index (κ2) is 8.99. The lowest BCUT2D eigenvalue weighted by Crippen LogP contribution is -2.29. The van der Waals surface area contributed by atoms with E-state index in [4.69, 9.17) is 14.7 Å². The third kappa shape index (κ3) is 3.79. The molecule has 1 fully saturated rings. The van der Waals surface area contributed by atoms with Crippen molar-refractivity contribution in [3.05, 3.63) is 94.6 Å². The number of aliphatic hydroxyl groups is 1. The highest BCUT2D eigenvalue weighted by Crippen LogP contribution is 2.45. The predicted octanol–water partition coefficient (Wildman–Crippen LogP) is 4.52. The van der Waals surface area contributed by atoms with Gasteiger partial charge in [-0.05, 0) is 66.9 Å². The number of methoxy groups -OCH3 is 1. The molecule has 1 amide bonds. The topological polar surface area (TPSA) is 99.9 Å². The van der Waals surface area contributed by atoms with Gasteiger partial charge in [0.1, 0.15) is 17.3 Å². The van der Waals surface area contributed by atoms with E-state index in [0.29, 0.717) is 34.7 Å². The normalized spacial score (nSPS) is 18.5. The number of ether oxygens (including phenoxy) is 2. The highest BCUT2D eigenvalue weighted by atomic mass is 16.5. The van der Waals surface area contributed by atoms with Crippen LogP contribution < -0.4 is 14.4 Å². The average Bonchev–Trinajstić information content (AvgIpc) is 3.17. The van der Waals surface area contributed by atoms with E-state index < -0.39 is 17.7 Å². The molecule has 0 radical (unpaired) electrons. The first-order chi connectivity index (χ1) is 17.0. The summed E-state index contributed by atoms with van der Waals surface area (Å²) in [7, 11) is 1.51. The van der Waals surface area contributed by atoms with Crippen molar-refractivity contribution < 1.29 is 24.2 Å². The van der Waals surface area contributed by atoms with Gasteiger partial charge in [-0.25, -0.2) is 0 Å². The van der Waals surface area contributed by atoms with Crippen LogP contribution in [0.4, 0.5) is 5.69 Å². The molecule has 0 aromatic heterocycles. The van der Waals surface area contributed by atoms with Gasteiger partial charge in [-0.3, -0.25) is 14.5 Å². The number of ketones is 1. The number of anilines is 1. The second-order valence-electron chi connectivity index (χ2n) is 8.34. The smallest absolute Gasteiger partial charge is 0.300 e. The Labute approximate surface area is 202 Å². The van der Waals surface area contributed by atoms with Crippen LogP contribution in [0.5, 0.6) is 11.5 Å². The maximum absolute atomic E-state index is 13.4. The lowest BCUT2D eigenvalue weighted by atomic mass is 9.93. The lowest BCUT2D eigenvalue weighted by Gasteiger charge is -2.26. The van der Waals surface area contributed by atoms with E-state index >= 15 is 0 Å². The van der Waals surface area contributed by atoms with Gasteiger partial charge >= 0.3 is 0 Å². The summed E-state index contributed by atoms with van der Waals surface area (Å²) >= 11 is 0. The molecule has 35 heavy (non-hydrogen) atoms. The van der Waals surface area contributed by atoms with Crippen molar-refractivity contribution in [3.63, 3.8) is 0 Å². The molecule has 3 aromatic carbocycles. The van der Waals surface area contributed by atoms with Crippen LogP contribution in [0.2, 0.25) is 0 Å². The number of hydrogen-bond donors (Lipinski definition) is 1. The molecule has 1 atom stereocenters. The molecule has 0 bridgehead atoms. The fourth-order valence-electron chi connectivity index (χ4n) is 4.65. The van der Waals surface area contributed by atoms with Crippen molar-refractivity contribution in [2.45, 2.75) is 18.9 Å². The van der Waals surface area contributed by atoms with Gasteiger partial charge in [0, 0.05) is 16.8 Å². The van der Waals surface area contributed by atoms with Crippen molar-refractivity contribution in [1.82, 2.24) is 0 Å². The third-order valence-corrected chi connectivity index (χ3v) is 6.33. The molecule has 1 saturated heterocycles. The number of aliphatic hydroxyl groups excluding tert-OH is 1. The number of benzene rings is 3. The number of nitriles is 1. The molecule has 3 aromatic rings. The first-order valence-corrected chi connectivity index (χ1v) is 11.2. The zero-order valence-electron chi connectivity index (χ0n) is 19.0. The molecule has 7 nitrogen and oxygen atoms in total. The fourth-order valence-corrected chi connectivity index (χ4v) is 4.65. The zero-order valence-corrected chi connectivity index (χ0v) is 19.0. The first kappa shape index (κ1) is 22.2. The number of aryl methyl sites for hydroxylation is 1. The number of carbonyl (C=O) groups excluding carboxylic acids is 2. The minimum atomic E-state index is -0.925. The van der Waals surface area contributed by atoms with Crippen molar-refractivity contribution in [3.8, 4) is 17.6 Å².